The van der Waals surface area contributed by atoms with Gasteiger partial charge in [-0.25, -0.2) is 9.59 Å². The second kappa shape index (κ2) is 18.4. The summed E-state index contributed by atoms with van der Waals surface area (Å²) in [7, 11) is -2.59. The summed E-state index contributed by atoms with van der Waals surface area (Å²) >= 11 is 4.05. The van der Waals surface area contributed by atoms with E-state index in [0.717, 1.165) is 0 Å². The first-order valence-corrected chi connectivity index (χ1v) is 22.2. The average molecular weight is 969 g/mol. The number of esters is 4. The monoisotopic (exact) mass is 968 g/mol. The Morgan fingerprint density at radius 1 is 0.712 bits per heavy atom. The molecular weight excluding hydrogens is 922 g/mol. The lowest BCUT2D eigenvalue weighted by atomic mass is 9.99. The summed E-state index contributed by atoms with van der Waals surface area (Å²) in [6, 6.07) is 16.8. The molecule has 10 atom stereocenters. The fraction of sp³-hybridized carbons (Fsp3) is 0.556. The number of alkyl halides is 2. The largest absolute Gasteiger partial charge is 0.463 e. The SMILES string of the molecule is CC(=O)OC[C@H]1O[C@@H](O[C@H]2[C@H](OC(=O)c3ccccc3)[C@@H](I)C(O)O[C@@H]2COC(C)=O)[C@H](I)[C@@H](O[Si](C)(C)C(C)(C)C)[C@@H]1OC(=O)c1ccccc1. The molecule has 0 aromatic heterocycles. The van der Waals surface area contributed by atoms with Gasteiger partial charge in [-0.2, -0.15) is 0 Å². The van der Waals surface area contributed by atoms with Crippen molar-refractivity contribution in [2.24, 2.45) is 0 Å². The van der Waals surface area contributed by atoms with E-state index in [1.165, 1.54) is 13.8 Å². The highest BCUT2D eigenvalue weighted by atomic mass is 127. The van der Waals surface area contributed by atoms with Crippen LogP contribution in [0.5, 0.6) is 0 Å². The fourth-order valence-electron chi connectivity index (χ4n) is 5.31. The maximum atomic E-state index is 13.5. The van der Waals surface area contributed by atoms with E-state index >= 15 is 0 Å². The van der Waals surface area contributed by atoms with Crippen LogP contribution in [0.1, 0.15) is 55.3 Å². The Labute approximate surface area is 332 Å². The molecule has 0 spiro atoms. The molecule has 2 aromatic carbocycles. The van der Waals surface area contributed by atoms with Crippen LogP contribution in [0.2, 0.25) is 18.1 Å². The molecule has 0 radical (unpaired) electrons. The number of aliphatic hydroxyl groups is 1. The molecule has 2 heterocycles. The third-order valence-corrected chi connectivity index (χ3v) is 16.2. The zero-order chi connectivity index (χ0) is 38.4. The highest BCUT2D eigenvalue weighted by molar-refractivity contribution is 14.1. The molecule has 16 heteroatoms. The van der Waals surface area contributed by atoms with Crippen LogP contribution in [0.15, 0.2) is 60.7 Å². The second-order valence-corrected chi connectivity index (χ2v) is 21.7. The molecule has 0 saturated carbocycles. The normalized spacial score (nSPS) is 29.4. The Kier molecular flexibility index (Phi) is 15.1. The summed E-state index contributed by atoms with van der Waals surface area (Å²) in [6.45, 7) is 12.2. The molecule has 2 aromatic rings. The van der Waals surface area contributed by atoms with Gasteiger partial charge >= 0.3 is 23.9 Å². The number of carbonyl (C=O) groups excluding carboxylic acids is 4. The first-order chi connectivity index (χ1) is 24.4. The minimum absolute atomic E-state index is 0.259. The molecule has 4 rings (SSSR count). The molecule has 1 unspecified atom stereocenters. The molecule has 0 amide bonds. The van der Waals surface area contributed by atoms with Crippen molar-refractivity contribution >= 4 is 77.4 Å². The Hall–Kier alpha value is -2.20. The van der Waals surface area contributed by atoms with Crippen LogP contribution in [0.25, 0.3) is 0 Å². The lowest BCUT2D eigenvalue weighted by molar-refractivity contribution is -0.307. The zero-order valence-corrected chi connectivity index (χ0v) is 35.4. The van der Waals surface area contributed by atoms with Gasteiger partial charge in [-0.05, 0) is 42.4 Å². The van der Waals surface area contributed by atoms with Crippen LogP contribution in [0.4, 0.5) is 0 Å². The predicted octanol–water partition coefficient (Wildman–Crippen LogP) is 5.39. The molecule has 52 heavy (non-hydrogen) atoms. The van der Waals surface area contributed by atoms with E-state index in [0.29, 0.717) is 5.56 Å². The van der Waals surface area contributed by atoms with E-state index in [2.05, 4.69) is 56.5 Å². The Morgan fingerprint density at radius 3 is 1.63 bits per heavy atom. The van der Waals surface area contributed by atoms with Gasteiger partial charge in [0.2, 0.25) is 0 Å². The van der Waals surface area contributed by atoms with E-state index in [-0.39, 0.29) is 23.8 Å². The standard InChI is InChI=1S/C36H46I2O13Si/c1-20(39)44-18-24-28(30(26(37)34(43)46-24)49-33(42)23-16-12-9-13-17-23)50-35-27(38)31(51-52(6,7)36(3,4)5)29(25(47-35)19-45-21(2)40)48-32(41)22-14-10-8-11-15-22/h8-17,24-31,34-35,43H,18-19H2,1-7H3/t24-,25-,26-,27-,28-,29-,30-,31-,34?,35+/m1/s1. The van der Waals surface area contributed by atoms with Crippen molar-refractivity contribution in [3.05, 3.63) is 71.8 Å². The van der Waals surface area contributed by atoms with Crippen molar-refractivity contribution in [2.45, 2.75) is 110 Å². The third-order valence-electron chi connectivity index (χ3n) is 9.10. The quantitative estimate of drug-likeness (QED) is 0.0949. The van der Waals surface area contributed by atoms with Gasteiger partial charge in [0.1, 0.15) is 47.7 Å². The number of aliphatic hydroxyl groups excluding tert-OH is 1. The summed E-state index contributed by atoms with van der Waals surface area (Å²) < 4.78 is 47.4. The van der Waals surface area contributed by atoms with Crippen LogP contribution < -0.4 is 0 Å². The molecule has 0 aliphatic carbocycles. The summed E-state index contributed by atoms with van der Waals surface area (Å²) in [5, 5.41) is 10.6. The number of ether oxygens (including phenoxy) is 7. The number of carbonyl (C=O) groups is 4. The molecular formula is C36H46I2O13Si. The average Bonchev–Trinajstić information content (AvgIpc) is 3.09. The van der Waals surface area contributed by atoms with E-state index in [1.54, 1.807) is 60.7 Å². The lowest BCUT2D eigenvalue weighted by Crippen LogP contribution is -2.65. The number of hydrogen-bond acceptors (Lipinski definition) is 13. The number of halogens is 2. The minimum Gasteiger partial charge on any atom is -0.463 e. The Balaban J connectivity index is 1.75. The Bertz CT molecular complexity index is 1520. The van der Waals surface area contributed by atoms with Crippen LogP contribution in [-0.2, 0) is 47.2 Å². The summed E-state index contributed by atoms with van der Waals surface area (Å²) in [5.74, 6) is -2.47. The van der Waals surface area contributed by atoms with Crippen molar-refractivity contribution in [2.75, 3.05) is 13.2 Å². The zero-order valence-electron chi connectivity index (χ0n) is 30.1. The fourth-order valence-corrected chi connectivity index (χ4v) is 8.52. The van der Waals surface area contributed by atoms with Crippen LogP contribution >= 0.6 is 45.2 Å². The maximum absolute atomic E-state index is 13.5. The van der Waals surface area contributed by atoms with Crippen molar-refractivity contribution < 1.29 is 61.9 Å². The van der Waals surface area contributed by atoms with Crippen molar-refractivity contribution in [1.29, 1.82) is 0 Å². The summed E-state index contributed by atoms with van der Waals surface area (Å²) in [4.78, 5) is 50.8. The number of hydrogen-bond donors (Lipinski definition) is 1. The highest BCUT2D eigenvalue weighted by Gasteiger charge is 2.55. The van der Waals surface area contributed by atoms with Gasteiger partial charge in [0.05, 0.1) is 15.1 Å². The number of rotatable bonds is 12. The molecule has 2 aliphatic heterocycles. The maximum Gasteiger partial charge on any atom is 0.338 e. The molecule has 2 fully saturated rings. The van der Waals surface area contributed by atoms with Gasteiger partial charge < -0.3 is 42.7 Å². The molecule has 0 bridgehead atoms. The predicted molar refractivity (Wildman–Crippen MR) is 207 cm³/mol. The molecule has 2 saturated heterocycles. The van der Waals surface area contributed by atoms with E-state index in [4.69, 9.17) is 37.6 Å². The first kappa shape index (κ1) is 42.5. The third kappa shape index (κ3) is 10.9. The minimum atomic E-state index is -2.59. The van der Waals surface area contributed by atoms with E-state index in [9.17, 15) is 24.3 Å². The van der Waals surface area contributed by atoms with Crippen molar-refractivity contribution in [3.8, 4) is 0 Å². The summed E-state index contributed by atoms with van der Waals surface area (Å²) in [6.07, 6.45) is -8.89. The van der Waals surface area contributed by atoms with Crippen LogP contribution in [0, 0.1) is 0 Å². The first-order valence-electron chi connectivity index (χ1n) is 16.8. The highest BCUT2D eigenvalue weighted by Crippen LogP contribution is 2.43. The van der Waals surface area contributed by atoms with Crippen molar-refractivity contribution in [3.63, 3.8) is 0 Å². The topological polar surface area (TPSA) is 162 Å². The summed E-state index contributed by atoms with van der Waals surface area (Å²) in [5.41, 5.74) is 0.584. The van der Waals surface area contributed by atoms with Gasteiger partial charge in [0.15, 0.2) is 27.0 Å². The van der Waals surface area contributed by atoms with Gasteiger partial charge in [-0.3, -0.25) is 9.59 Å². The Morgan fingerprint density at radius 2 is 1.17 bits per heavy atom. The van der Waals surface area contributed by atoms with Gasteiger partial charge in [-0.15, -0.1) is 0 Å². The van der Waals surface area contributed by atoms with Crippen LogP contribution in [0.3, 0.4) is 0 Å². The van der Waals surface area contributed by atoms with Crippen LogP contribution in [-0.4, -0.2) is 108 Å². The second-order valence-electron chi connectivity index (χ2n) is 14.0. The van der Waals surface area contributed by atoms with E-state index < -0.39 is 89.2 Å². The number of benzene rings is 2. The molecule has 13 nitrogen and oxygen atoms in total. The lowest BCUT2D eigenvalue weighted by Gasteiger charge is -2.50. The molecule has 286 valence electrons. The van der Waals surface area contributed by atoms with Gasteiger partial charge in [0, 0.05) is 13.8 Å². The molecule has 2 aliphatic rings. The van der Waals surface area contributed by atoms with Gasteiger partial charge in [-0.1, -0.05) is 102 Å². The van der Waals surface area contributed by atoms with Gasteiger partial charge in [0.25, 0.3) is 0 Å². The van der Waals surface area contributed by atoms with E-state index in [1.807, 2.05) is 22.6 Å². The smallest absolute Gasteiger partial charge is 0.338 e. The van der Waals surface area contributed by atoms with Crippen molar-refractivity contribution in [1.82, 2.24) is 0 Å². The molecule has 1 N–H and O–H groups in total.